The third-order valence-electron chi connectivity index (χ3n) is 3.30. The number of nitrogens with one attached hydrogen (secondary N) is 1. The Kier molecular flexibility index (Phi) is 3.70. The molecular weight excluding hydrogens is 282 g/mol. The Bertz CT molecular complexity index is 746. The first kappa shape index (κ1) is 13.8. The lowest BCUT2D eigenvalue weighted by Gasteiger charge is -2.14. The Morgan fingerprint density at radius 3 is 2.86 bits per heavy atom. The lowest BCUT2D eigenvalue weighted by Crippen LogP contribution is -2.07. The molecule has 2 heterocycles. The van der Waals surface area contributed by atoms with Gasteiger partial charge in [0.15, 0.2) is 5.82 Å². The first-order valence-electron chi connectivity index (χ1n) is 6.76. The summed E-state index contributed by atoms with van der Waals surface area (Å²) in [5.74, 6) is 0.857. The van der Waals surface area contributed by atoms with E-state index in [2.05, 4.69) is 44.9 Å². The second-order valence-corrected chi connectivity index (χ2v) is 6.07. The molecule has 1 N–H and O–H groups in total. The van der Waals surface area contributed by atoms with Gasteiger partial charge in [0.05, 0.1) is 16.7 Å². The molecule has 0 aliphatic carbocycles. The quantitative estimate of drug-likeness (QED) is 0.802. The molecule has 108 valence electrons. The second kappa shape index (κ2) is 5.65. The third kappa shape index (κ3) is 2.95. The fourth-order valence-corrected chi connectivity index (χ4v) is 2.90. The van der Waals surface area contributed by atoms with E-state index in [0.717, 1.165) is 27.8 Å². The Balaban J connectivity index is 1.82. The zero-order valence-electron chi connectivity index (χ0n) is 12.2. The molecule has 0 saturated carbocycles. The van der Waals surface area contributed by atoms with Crippen LogP contribution in [0.25, 0.3) is 11.4 Å². The SMILES string of the molecule is Cc1nc(C(C)Nc2cccc(-c3nncn3C)c2)cs1. The predicted octanol–water partition coefficient (Wildman–Crippen LogP) is 3.42. The molecule has 0 bridgehead atoms. The van der Waals surface area contributed by atoms with Crippen molar-refractivity contribution in [2.45, 2.75) is 19.9 Å². The van der Waals surface area contributed by atoms with Crippen LogP contribution in [0.5, 0.6) is 0 Å². The van der Waals surface area contributed by atoms with Gasteiger partial charge in [-0.2, -0.15) is 0 Å². The fraction of sp³-hybridized carbons (Fsp3) is 0.267. The summed E-state index contributed by atoms with van der Waals surface area (Å²) in [4.78, 5) is 4.52. The molecule has 3 aromatic rings. The van der Waals surface area contributed by atoms with Gasteiger partial charge in [0.25, 0.3) is 0 Å². The van der Waals surface area contributed by atoms with Gasteiger partial charge >= 0.3 is 0 Å². The van der Waals surface area contributed by atoms with Gasteiger partial charge in [-0.3, -0.25) is 0 Å². The van der Waals surface area contributed by atoms with E-state index in [1.807, 2.05) is 30.7 Å². The summed E-state index contributed by atoms with van der Waals surface area (Å²) in [7, 11) is 1.94. The third-order valence-corrected chi connectivity index (χ3v) is 4.09. The van der Waals surface area contributed by atoms with Crippen molar-refractivity contribution >= 4 is 17.0 Å². The topological polar surface area (TPSA) is 55.6 Å². The highest BCUT2D eigenvalue weighted by atomic mass is 32.1. The van der Waals surface area contributed by atoms with E-state index in [-0.39, 0.29) is 6.04 Å². The molecular formula is C15H17N5S. The molecule has 1 aromatic carbocycles. The van der Waals surface area contributed by atoms with Crippen LogP contribution in [0, 0.1) is 6.92 Å². The van der Waals surface area contributed by atoms with E-state index in [0.29, 0.717) is 0 Å². The van der Waals surface area contributed by atoms with E-state index in [9.17, 15) is 0 Å². The molecule has 0 spiro atoms. The highest BCUT2D eigenvalue weighted by molar-refractivity contribution is 7.09. The van der Waals surface area contributed by atoms with E-state index in [1.165, 1.54) is 0 Å². The van der Waals surface area contributed by atoms with Crippen molar-refractivity contribution in [1.82, 2.24) is 19.7 Å². The number of hydrogen-bond donors (Lipinski definition) is 1. The normalized spacial score (nSPS) is 12.3. The van der Waals surface area contributed by atoms with Gasteiger partial charge in [-0.15, -0.1) is 21.5 Å². The number of aryl methyl sites for hydroxylation is 2. The molecule has 0 radical (unpaired) electrons. The number of thiazole rings is 1. The van der Waals surface area contributed by atoms with E-state index in [4.69, 9.17) is 0 Å². The van der Waals surface area contributed by atoms with Crippen LogP contribution in [0.1, 0.15) is 23.7 Å². The summed E-state index contributed by atoms with van der Waals surface area (Å²) < 4.78 is 1.91. The minimum absolute atomic E-state index is 0.171. The monoisotopic (exact) mass is 299 g/mol. The maximum atomic E-state index is 4.52. The maximum absolute atomic E-state index is 4.52. The smallest absolute Gasteiger partial charge is 0.163 e. The summed E-state index contributed by atoms with van der Waals surface area (Å²) >= 11 is 1.67. The highest BCUT2D eigenvalue weighted by Crippen LogP contribution is 2.24. The Labute approximate surface area is 127 Å². The predicted molar refractivity (Wildman–Crippen MR) is 85.3 cm³/mol. The molecule has 0 aliphatic heterocycles. The molecule has 3 rings (SSSR count). The number of rotatable bonds is 4. The molecule has 0 amide bonds. The molecule has 0 aliphatic rings. The van der Waals surface area contributed by atoms with Crippen molar-refractivity contribution in [1.29, 1.82) is 0 Å². The number of benzene rings is 1. The lowest BCUT2D eigenvalue weighted by molar-refractivity contribution is 0.845. The van der Waals surface area contributed by atoms with Crippen LogP contribution < -0.4 is 5.32 Å². The molecule has 2 aromatic heterocycles. The van der Waals surface area contributed by atoms with Crippen molar-refractivity contribution in [3.63, 3.8) is 0 Å². The molecule has 1 unspecified atom stereocenters. The van der Waals surface area contributed by atoms with Crippen LogP contribution in [0.15, 0.2) is 36.0 Å². The van der Waals surface area contributed by atoms with Crippen molar-refractivity contribution in [2.24, 2.45) is 7.05 Å². The van der Waals surface area contributed by atoms with E-state index < -0.39 is 0 Å². The molecule has 1 atom stereocenters. The maximum Gasteiger partial charge on any atom is 0.163 e. The molecule has 0 fully saturated rings. The zero-order valence-corrected chi connectivity index (χ0v) is 13.1. The molecule has 5 nitrogen and oxygen atoms in total. The summed E-state index contributed by atoms with van der Waals surface area (Å²) in [6.07, 6.45) is 1.70. The van der Waals surface area contributed by atoms with Crippen LogP contribution in [-0.2, 0) is 7.05 Å². The van der Waals surface area contributed by atoms with Gasteiger partial charge in [-0.25, -0.2) is 4.98 Å². The zero-order chi connectivity index (χ0) is 14.8. The van der Waals surface area contributed by atoms with Crippen molar-refractivity contribution < 1.29 is 0 Å². The first-order valence-corrected chi connectivity index (χ1v) is 7.64. The van der Waals surface area contributed by atoms with E-state index in [1.54, 1.807) is 17.7 Å². The molecule has 6 heteroatoms. The van der Waals surface area contributed by atoms with Crippen molar-refractivity contribution in [3.05, 3.63) is 46.7 Å². The molecule has 21 heavy (non-hydrogen) atoms. The van der Waals surface area contributed by atoms with Crippen LogP contribution in [0.4, 0.5) is 5.69 Å². The van der Waals surface area contributed by atoms with Gasteiger partial charge in [0, 0.05) is 23.7 Å². The van der Waals surface area contributed by atoms with Crippen LogP contribution >= 0.6 is 11.3 Å². The van der Waals surface area contributed by atoms with Crippen molar-refractivity contribution in [3.8, 4) is 11.4 Å². The number of nitrogens with zero attached hydrogens (tertiary/aromatic N) is 4. The second-order valence-electron chi connectivity index (χ2n) is 5.00. The minimum atomic E-state index is 0.171. The van der Waals surface area contributed by atoms with Gasteiger partial charge in [0.2, 0.25) is 0 Å². The van der Waals surface area contributed by atoms with Gasteiger partial charge in [-0.05, 0) is 26.0 Å². The Morgan fingerprint density at radius 1 is 1.33 bits per heavy atom. The van der Waals surface area contributed by atoms with Crippen LogP contribution in [0.3, 0.4) is 0 Å². The summed E-state index contributed by atoms with van der Waals surface area (Å²) in [5.41, 5.74) is 3.16. The van der Waals surface area contributed by atoms with Crippen molar-refractivity contribution in [2.75, 3.05) is 5.32 Å². The minimum Gasteiger partial charge on any atom is -0.377 e. The Morgan fingerprint density at radius 2 is 2.19 bits per heavy atom. The number of hydrogen-bond acceptors (Lipinski definition) is 5. The lowest BCUT2D eigenvalue weighted by atomic mass is 10.1. The van der Waals surface area contributed by atoms with Gasteiger partial charge < -0.3 is 9.88 Å². The summed E-state index contributed by atoms with van der Waals surface area (Å²) in [6.45, 7) is 4.14. The summed E-state index contributed by atoms with van der Waals surface area (Å²) in [6, 6.07) is 8.36. The van der Waals surface area contributed by atoms with E-state index >= 15 is 0 Å². The van der Waals surface area contributed by atoms with Gasteiger partial charge in [-0.1, -0.05) is 12.1 Å². The average molecular weight is 299 g/mol. The fourth-order valence-electron chi connectivity index (χ4n) is 2.20. The average Bonchev–Trinajstić information content (AvgIpc) is 3.08. The first-order chi connectivity index (χ1) is 10.1. The summed E-state index contributed by atoms with van der Waals surface area (Å²) in [5, 5.41) is 14.7. The Hall–Kier alpha value is -2.21. The van der Waals surface area contributed by atoms with Crippen LogP contribution in [0.2, 0.25) is 0 Å². The van der Waals surface area contributed by atoms with Crippen LogP contribution in [-0.4, -0.2) is 19.7 Å². The van der Waals surface area contributed by atoms with Gasteiger partial charge in [0.1, 0.15) is 6.33 Å². The highest BCUT2D eigenvalue weighted by Gasteiger charge is 2.10. The largest absolute Gasteiger partial charge is 0.377 e. The number of aromatic nitrogens is 4. The standard InChI is InChI=1S/C15H17N5S/c1-10(14-8-21-11(2)18-14)17-13-6-4-5-12(7-13)15-19-16-9-20(15)3/h4-10,17H,1-3H3. The number of anilines is 1. The molecule has 0 saturated heterocycles.